The maximum Gasteiger partial charge on any atom is 0.0161 e. The van der Waals surface area contributed by atoms with Crippen LogP contribution in [0.3, 0.4) is 0 Å². The molecule has 0 bridgehead atoms. The first-order chi connectivity index (χ1) is 5.81. The summed E-state index contributed by atoms with van der Waals surface area (Å²) in [7, 11) is 0. The van der Waals surface area contributed by atoms with Crippen LogP contribution in [0.15, 0.2) is 12.2 Å². The maximum absolute atomic E-state index is 5.13. The van der Waals surface area contributed by atoms with Gasteiger partial charge in [-0.05, 0) is 25.8 Å². The number of rotatable bonds is 7. The van der Waals surface area contributed by atoms with Crippen LogP contribution in [0.4, 0.5) is 0 Å². The minimum absolute atomic E-state index is 0.899. The highest BCUT2D eigenvalue weighted by atomic mass is 14.8. The first kappa shape index (κ1) is 11.3. The van der Waals surface area contributed by atoms with Crippen LogP contribution < -0.4 is 5.32 Å². The molecule has 0 aliphatic rings. The van der Waals surface area contributed by atoms with Gasteiger partial charge in [-0.3, -0.25) is 0 Å². The second-order valence-corrected chi connectivity index (χ2v) is 2.94. The molecule has 0 saturated carbocycles. The Bertz CT molecular complexity index is 153. The Morgan fingerprint density at radius 1 is 1.50 bits per heavy atom. The van der Waals surface area contributed by atoms with Crippen LogP contribution in [-0.2, 0) is 0 Å². The van der Waals surface area contributed by atoms with Crippen LogP contribution in [0.5, 0.6) is 0 Å². The fourth-order valence-electron chi connectivity index (χ4n) is 0.867. The molecule has 0 saturated heterocycles. The van der Waals surface area contributed by atoms with Crippen molar-refractivity contribution in [1.82, 2.24) is 5.32 Å². The minimum Gasteiger partial charge on any atom is -0.313 e. The zero-order valence-electron chi connectivity index (χ0n) is 8.03. The van der Waals surface area contributed by atoms with Crippen LogP contribution in [0, 0.1) is 12.3 Å². The molecule has 0 atom stereocenters. The summed E-state index contributed by atoms with van der Waals surface area (Å²) >= 11 is 0. The Morgan fingerprint density at radius 3 is 2.83 bits per heavy atom. The van der Waals surface area contributed by atoms with Crippen molar-refractivity contribution in [3.63, 3.8) is 0 Å². The summed E-state index contributed by atoms with van der Waals surface area (Å²) in [6.07, 6.45) is 9.39. The van der Waals surface area contributed by atoms with Gasteiger partial charge in [0.2, 0.25) is 0 Å². The summed E-state index contributed by atoms with van der Waals surface area (Å²) in [5.74, 6) is 2.63. The summed E-state index contributed by atoms with van der Waals surface area (Å²) in [4.78, 5) is 0. The molecule has 0 spiro atoms. The van der Waals surface area contributed by atoms with Gasteiger partial charge in [-0.15, -0.1) is 12.3 Å². The molecular weight excluding hydrogens is 146 g/mol. The summed E-state index contributed by atoms with van der Waals surface area (Å²) < 4.78 is 0. The lowest BCUT2D eigenvalue weighted by Gasteiger charge is -2.04. The molecule has 0 fully saturated rings. The zero-order chi connectivity index (χ0) is 9.23. The van der Waals surface area contributed by atoms with Gasteiger partial charge >= 0.3 is 0 Å². The van der Waals surface area contributed by atoms with Crippen molar-refractivity contribution < 1.29 is 0 Å². The first-order valence-corrected chi connectivity index (χ1v) is 4.62. The van der Waals surface area contributed by atoms with Crippen molar-refractivity contribution in [2.75, 3.05) is 13.1 Å². The first-order valence-electron chi connectivity index (χ1n) is 4.62. The molecule has 1 nitrogen and oxygen atoms in total. The third-order valence-electron chi connectivity index (χ3n) is 1.80. The van der Waals surface area contributed by atoms with E-state index in [1.165, 1.54) is 12.0 Å². The van der Waals surface area contributed by atoms with Gasteiger partial charge in [-0.1, -0.05) is 19.1 Å². The Balaban J connectivity index is 3.01. The molecule has 0 aliphatic carbocycles. The minimum atomic E-state index is 0.899. The van der Waals surface area contributed by atoms with E-state index in [4.69, 9.17) is 6.42 Å². The highest BCUT2D eigenvalue weighted by Crippen LogP contribution is 1.94. The number of terminal acetylenes is 1. The molecule has 0 aromatic heterocycles. The second kappa shape index (κ2) is 8.36. The van der Waals surface area contributed by atoms with Crippen LogP contribution in [-0.4, -0.2) is 13.1 Å². The molecule has 12 heavy (non-hydrogen) atoms. The van der Waals surface area contributed by atoms with Gasteiger partial charge in [0, 0.05) is 13.0 Å². The Hall–Kier alpha value is -0.740. The van der Waals surface area contributed by atoms with Gasteiger partial charge in [-0.25, -0.2) is 0 Å². The van der Waals surface area contributed by atoms with Gasteiger partial charge in [0.15, 0.2) is 0 Å². The van der Waals surface area contributed by atoms with Gasteiger partial charge in [0.1, 0.15) is 0 Å². The molecule has 0 unspecified atom stereocenters. The number of unbranched alkanes of at least 4 members (excludes halogenated alkanes) is 2. The van der Waals surface area contributed by atoms with Crippen molar-refractivity contribution >= 4 is 0 Å². The zero-order valence-corrected chi connectivity index (χ0v) is 8.03. The summed E-state index contributed by atoms with van der Waals surface area (Å²) in [6, 6.07) is 0. The van der Waals surface area contributed by atoms with Gasteiger partial charge in [0.05, 0.1) is 0 Å². The maximum atomic E-state index is 5.13. The Morgan fingerprint density at radius 2 is 2.25 bits per heavy atom. The van der Waals surface area contributed by atoms with E-state index in [-0.39, 0.29) is 0 Å². The van der Waals surface area contributed by atoms with Crippen molar-refractivity contribution in [2.24, 2.45) is 0 Å². The molecule has 0 aromatic rings. The fourth-order valence-corrected chi connectivity index (χ4v) is 0.867. The highest BCUT2D eigenvalue weighted by molar-refractivity contribution is 4.94. The van der Waals surface area contributed by atoms with Crippen molar-refractivity contribution in [3.8, 4) is 12.3 Å². The predicted molar refractivity (Wildman–Crippen MR) is 55.0 cm³/mol. The summed E-state index contributed by atoms with van der Waals surface area (Å²) in [5, 5.41) is 3.33. The van der Waals surface area contributed by atoms with E-state index in [0.29, 0.717) is 0 Å². The summed E-state index contributed by atoms with van der Waals surface area (Å²) in [6.45, 7) is 8.05. The van der Waals surface area contributed by atoms with Crippen LogP contribution in [0.25, 0.3) is 0 Å². The lowest BCUT2D eigenvalue weighted by atomic mass is 10.2. The average molecular weight is 165 g/mol. The molecule has 1 heteroatoms. The van der Waals surface area contributed by atoms with E-state index in [9.17, 15) is 0 Å². The lowest BCUT2D eigenvalue weighted by Crippen LogP contribution is -2.17. The van der Waals surface area contributed by atoms with Crippen molar-refractivity contribution in [1.29, 1.82) is 0 Å². The quantitative estimate of drug-likeness (QED) is 0.347. The largest absolute Gasteiger partial charge is 0.313 e. The third kappa shape index (κ3) is 7.37. The number of hydrogen-bond donors (Lipinski definition) is 1. The molecule has 0 aliphatic heterocycles. The van der Waals surface area contributed by atoms with Gasteiger partial charge < -0.3 is 5.32 Å². The highest BCUT2D eigenvalue weighted by Gasteiger charge is 1.89. The monoisotopic (exact) mass is 165 g/mol. The average Bonchev–Trinajstić information content (AvgIpc) is 2.10. The van der Waals surface area contributed by atoms with Crippen LogP contribution >= 0.6 is 0 Å². The van der Waals surface area contributed by atoms with Crippen molar-refractivity contribution in [3.05, 3.63) is 12.2 Å². The smallest absolute Gasteiger partial charge is 0.0161 e. The van der Waals surface area contributed by atoms with Gasteiger partial charge in [0.25, 0.3) is 0 Å². The van der Waals surface area contributed by atoms with E-state index in [2.05, 4.69) is 24.7 Å². The van der Waals surface area contributed by atoms with E-state index < -0.39 is 0 Å². The molecule has 0 amide bonds. The van der Waals surface area contributed by atoms with Gasteiger partial charge in [-0.2, -0.15) is 0 Å². The van der Waals surface area contributed by atoms with Crippen molar-refractivity contribution in [2.45, 2.75) is 32.6 Å². The predicted octanol–water partition coefficient (Wildman–Crippen LogP) is 2.35. The Kier molecular flexibility index (Phi) is 7.84. The van der Waals surface area contributed by atoms with E-state index >= 15 is 0 Å². The lowest BCUT2D eigenvalue weighted by molar-refractivity contribution is 0.651. The number of hydrogen-bond acceptors (Lipinski definition) is 1. The van der Waals surface area contributed by atoms with E-state index in [1.54, 1.807) is 0 Å². The molecule has 0 radical (unpaired) electrons. The third-order valence-corrected chi connectivity index (χ3v) is 1.80. The van der Waals surface area contributed by atoms with Crippen LogP contribution in [0.2, 0.25) is 0 Å². The summed E-state index contributed by atoms with van der Waals surface area (Å²) in [5.41, 5.74) is 1.27. The fraction of sp³-hybridized carbons (Fsp3) is 0.636. The molecular formula is C11H19N. The standard InChI is InChI=1S/C11H19N/c1-4-6-7-8-9-12-10-11(3)5-2/h1,12H,3,5-10H2,2H3. The molecule has 0 heterocycles. The Labute approximate surface area is 76.2 Å². The van der Waals surface area contributed by atoms with E-state index in [1.807, 2.05) is 0 Å². The molecule has 0 aromatic carbocycles. The van der Waals surface area contributed by atoms with E-state index in [0.717, 1.165) is 32.4 Å². The van der Waals surface area contributed by atoms with Crippen LogP contribution in [0.1, 0.15) is 32.6 Å². The SMILES string of the molecule is C#CCCCCNCC(=C)CC. The molecule has 1 N–H and O–H groups in total. The normalized spacial score (nSPS) is 9.33. The number of nitrogens with one attached hydrogen (secondary N) is 1. The molecule has 0 rings (SSSR count). The molecule has 68 valence electrons. The topological polar surface area (TPSA) is 12.0 Å². The second-order valence-electron chi connectivity index (χ2n) is 2.94.